The van der Waals surface area contributed by atoms with Gasteiger partial charge in [-0.1, -0.05) is 0 Å². The van der Waals surface area contributed by atoms with Gasteiger partial charge in [-0.05, 0) is 49.9 Å². The number of hydrogen-bond donors (Lipinski definition) is 1. The minimum absolute atomic E-state index is 0.00975. The van der Waals surface area contributed by atoms with Gasteiger partial charge in [-0.15, -0.1) is 0 Å². The lowest BCUT2D eigenvalue weighted by Crippen LogP contribution is -2.42. The van der Waals surface area contributed by atoms with Gasteiger partial charge in [0, 0.05) is 31.4 Å². The number of rotatable bonds is 9. The molecular weight excluding hydrogens is 408 g/mol. The molecular formula is C22H29F2N3O4. The van der Waals surface area contributed by atoms with Gasteiger partial charge in [-0.25, -0.2) is 0 Å². The van der Waals surface area contributed by atoms with Crippen LogP contribution in [0, 0.1) is 0 Å². The van der Waals surface area contributed by atoms with E-state index < -0.39 is 12.7 Å². The molecule has 4 rings (SSSR count). The van der Waals surface area contributed by atoms with Gasteiger partial charge in [0.05, 0.1) is 37.7 Å². The van der Waals surface area contributed by atoms with Gasteiger partial charge >= 0.3 is 6.61 Å². The van der Waals surface area contributed by atoms with E-state index in [2.05, 4.69) is 14.7 Å². The van der Waals surface area contributed by atoms with Crippen molar-refractivity contribution in [3.05, 3.63) is 30.5 Å². The smallest absolute Gasteiger partial charge is 0.387 e. The third-order valence-corrected chi connectivity index (χ3v) is 5.72. The minimum Gasteiger partial charge on any atom is -0.487 e. The van der Waals surface area contributed by atoms with E-state index in [9.17, 15) is 13.9 Å². The van der Waals surface area contributed by atoms with E-state index in [1.54, 1.807) is 23.0 Å². The molecule has 1 saturated heterocycles. The molecule has 170 valence electrons. The Morgan fingerprint density at radius 2 is 1.87 bits per heavy atom. The van der Waals surface area contributed by atoms with Crippen LogP contribution in [0.25, 0.3) is 11.3 Å². The molecule has 0 spiro atoms. The van der Waals surface area contributed by atoms with Crippen molar-refractivity contribution in [3.63, 3.8) is 0 Å². The van der Waals surface area contributed by atoms with Crippen LogP contribution in [0.4, 0.5) is 8.78 Å². The van der Waals surface area contributed by atoms with Crippen molar-refractivity contribution in [1.82, 2.24) is 14.7 Å². The highest BCUT2D eigenvalue weighted by Gasteiger charge is 2.22. The van der Waals surface area contributed by atoms with Gasteiger partial charge in [0.1, 0.15) is 0 Å². The van der Waals surface area contributed by atoms with Gasteiger partial charge in [-0.2, -0.15) is 13.9 Å². The Morgan fingerprint density at radius 1 is 1.10 bits per heavy atom. The third-order valence-electron chi connectivity index (χ3n) is 5.72. The Bertz CT molecular complexity index is 836. The minimum atomic E-state index is -2.92. The van der Waals surface area contributed by atoms with Crippen LogP contribution in [0.5, 0.6) is 11.5 Å². The fourth-order valence-corrected chi connectivity index (χ4v) is 4.20. The fraction of sp³-hybridized carbons (Fsp3) is 0.591. The molecule has 2 aliphatic rings. The molecule has 2 fully saturated rings. The zero-order valence-electron chi connectivity index (χ0n) is 17.5. The van der Waals surface area contributed by atoms with Crippen molar-refractivity contribution in [3.8, 4) is 22.8 Å². The van der Waals surface area contributed by atoms with Gasteiger partial charge in [0.15, 0.2) is 11.5 Å². The molecule has 1 saturated carbocycles. The Labute approximate surface area is 180 Å². The Kier molecular flexibility index (Phi) is 7.37. The standard InChI is InChI=1S/C22H29F2N3O4/c23-22(24)31-20-6-5-16(13-21(20)30-18-3-1-2-4-18)19-7-8-25-27(19)15-17(28)14-26-9-11-29-12-10-26/h5-8,13,17-18,22,28H,1-4,9-12,14-15H2/t17-/m0/s1. The van der Waals surface area contributed by atoms with Crippen LogP contribution in [0.15, 0.2) is 30.5 Å². The average Bonchev–Trinajstić information content (AvgIpc) is 3.42. The number of hydrogen-bond acceptors (Lipinski definition) is 6. The van der Waals surface area contributed by atoms with E-state index >= 15 is 0 Å². The van der Waals surface area contributed by atoms with E-state index in [4.69, 9.17) is 9.47 Å². The monoisotopic (exact) mass is 437 g/mol. The first-order valence-corrected chi connectivity index (χ1v) is 10.8. The number of aliphatic hydroxyl groups excluding tert-OH is 1. The van der Waals surface area contributed by atoms with Gasteiger partial charge in [0.25, 0.3) is 0 Å². The van der Waals surface area contributed by atoms with Crippen molar-refractivity contribution in [2.24, 2.45) is 0 Å². The van der Waals surface area contributed by atoms with Crippen LogP contribution >= 0.6 is 0 Å². The van der Waals surface area contributed by atoms with E-state index in [-0.39, 0.29) is 11.9 Å². The highest BCUT2D eigenvalue weighted by atomic mass is 19.3. The first-order valence-electron chi connectivity index (χ1n) is 10.8. The molecule has 1 N–H and O–H groups in total. The molecule has 1 atom stereocenters. The van der Waals surface area contributed by atoms with Crippen LogP contribution in [-0.2, 0) is 11.3 Å². The molecule has 0 amide bonds. The summed E-state index contributed by atoms with van der Waals surface area (Å²) in [6, 6.07) is 6.77. The maximum atomic E-state index is 12.9. The van der Waals surface area contributed by atoms with Crippen LogP contribution in [0.1, 0.15) is 25.7 Å². The summed E-state index contributed by atoms with van der Waals surface area (Å²) in [6.45, 7) is 0.908. The Morgan fingerprint density at radius 3 is 2.61 bits per heavy atom. The highest BCUT2D eigenvalue weighted by molar-refractivity contribution is 5.64. The fourth-order valence-electron chi connectivity index (χ4n) is 4.20. The largest absolute Gasteiger partial charge is 0.487 e. The van der Waals surface area contributed by atoms with E-state index in [1.165, 1.54) is 6.07 Å². The topological polar surface area (TPSA) is 69.0 Å². The maximum Gasteiger partial charge on any atom is 0.387 e. The third kappa shape index (κ3) is 5.93. The number of morpholine rings is 1. The first kappa shape index (κ1) is 22.0. The molecule has 0 unspecified atom stereocenters. The second kappa shape index (κ2) is 10.4. The molecule has 1 aromatic carbocycles. The summed E-state index contributed by atoms with van der Waals surface area (Å²) in [5.74, 6) is 0.343. The number of nitrogens with zero attached hydrogens (tertiary/aromatic N) is 3. The second-order valence-corrected chi connectivity index (χ2v) is 8.03. The zero-order valence-corrected chi connectivity index (χ0v) is 17.5. The van der Waals surface area contributed by atoms with Crippen LogP contribution in [0.2, 0.25) is 0 Å². The molecule has 0 bridgehead atoms. The SMILES string of the molecule is O[C@@H](CN1CCOCC1)Cn1nccc1-c1ccc(OC(F)F)c(OC2CCCC2)c1. The van der Waals surface area contributed by atoms with Crippen LogP contribution in [0.3, 0.4) is 0 Å². The molecule has 0 radical (unpaired) electrons. The molecule has 2 heterocycles. The molecule has 31 heavy (non-hydrogen) atoms. The number of ether oxygens (including phenoxy) is 3. The lowest BCUT2D eigenvalue weighted by molar-refractivity contribution is -0.0520. The summed E-state index contributed by atoms with van der Waals surface area (Å²) in [6.07, 6.45) is 5.04. The summed E-state index contributed by atoms with van der Waals surface area (Å²) in [5.41, 5.74) is 1.55. The summed E-state index contributed by atoms with van der Waals surface area (Å²) in [5, 5.41) is 14.9. The van der Waals surface area contributed by atoms with Crippen molar-refractivity contribution in [1.29, 1.82) is 0 Å². The molecule has 2 aromatic rings. The molecule has 1 aliphatic carbocycles. The Hall–Kier alpha value is -2.23. The first-order chi connectivity index (χ1) is 15.1. The predicted molar refractivity (Wildman–Crippen MR) is 110 cm³/mol. The number of benzene rings is 1. The van der Waals surface area contributed by atoms with Crippen LogP contribution in [-0.4, -0.2) is 71.5 Å². The molecule has 1 aromatic heterocycles. The molecule has 9 heteroatoms. The van der Waals surface area contributed by atoms with Gasteiger partial charge in [0.2, 0.25) is 0 Å². The van der Waals surface area contributed by atoms with Crippen molar-refractivity contribution in [2.75, 3.05) is 32.8 Å². The van der Waals surface area contributed by atoms with Crippen molar-refractivity contribution < 1.29 is 28.1 Å². The normalized spacial score (nSPS) is 19.1. The zero-order chi connectivity index (χ0) is 21.6. The summed E-state index contributed by atoms with van der Waals surface area (Å²) in [4.78, 5) is 2.17. The van der Waals surface area contributed by atoms with E-state index in [0.29, 0.717) is 32.1 Å². The predicted octanol–water partition coefficient (Wildman–Crippen LogP) is 3.17. The summed E-state index contributed by atoms with van der Waals surface area (Å²) < 4.78 is 43.5. The number of β-amino-alcohol motifs (C(OH)–C–C–N with tert-alkyl or cyclic N) is 1. The van der Waals surface area contributed by atoms with Crippen molar-refractivity contribution in [2.45, 2.75) is 51.0 Å². The lowest BCUT2D eigenvalue weighted by Gasteiger charge is -2.28. The van der Waals surface area contributed by atoms with Gasteiger partial charge in [-0.3, -0.25) is 9.58 Å². The Balaban J connectivity index is 1.50. The lowest BCUT2D eigenvalue weighted by atomic mass is 10.1. The number of aromatic nitrogens is 2. The summed E-state index contributed by atoms with van der Waals surface area (Å²) in [7, 11) is 0. The number of aliphatic hydroxyl groups is 1. The molecule has 7 nitrogen and oxygen atoms in total. The van der Waals surface area contributed by atoms with Crippen LogP contribution < -0.4 is 9.47 Å². The average molecular weight is 437 g/mol. The second-order valence-electron chi connectivity index (χ2n) is 8.03. The number of halogens is 2. The maximum absolute atomic E-state index is 12.9. The molecule has 1 aliphatic heterocycles. The summed E-state index contributed by atoms with van der Waals surface area (Å²) >= 11 is 0. The van der Waals surface area contributed by atoms with Gasteiger partial charge < -0.3 is 19.3 Å². The van der Waals surface area contributed by atoms with E-state index in [0.717, 1.165) is 50.0 Å². The van der Waals surface area contributed by atoms with E-state index in [1.807, 2.05) is 6.07 Å². The number of alkyl halides is 2. The highest BCUT2D eigenvalue weighted by Crippen LogP contribution is 2.36. The van der Waals surface area contributed by atoms with Crippen molar-refractivity contribution >= 4 is 0 Å². The quantitative estimate of drug-likeness (QED) is 0.650.